The van der Waals surface area contributed by atoms with Crippen molar-refractivity contribution in [1.82, 2.24) is 4.40 Å². The van der Waals surface area contributed by atoms with Gasteiger partial charge in [0.15, 0.2) is 6.20 Å². The molecule has 0 aliphatic heterocycles. The molecule has 2 nitrogen and oxygen atoms in total. The summed E-state index contributed by atoms with van der Waals surface area (Å²) >= 11 is 0. The number of aromatic nitrogens is 2. The zero-order valence-corrected chi connectivity index (χ0v) is 18.3. The van der Waals surface area contributed by atoms with E-state index < -0.39 is 0 Å². The van der Waals surface area contributed by atoms with Gasteiger partial charge in [0.2, 0.25) is 5.52 Å². The first-order valence-electron chi connectivity index (χ1n) is 11.7. The molecule has 1 saturated carbocycles. The van der Waals surface area contributed by atoms with Crippen LogP contribution < -0.4 is 4.57 Å². The Morgan fingerprint density at radius 3 is 2.58 bits per heavy atom. The van der Waals surface area contributed by atoms with Gasteiger partial charge in [-0.25, -0.2) is 0 Å². The van der Waals surface area contributed by atoms with Crippen LogP contribution in [0.3, 0.4) is 0 Å². The van der Waals surface area contributed by atoms with E-state index in [2.05, 4.69) is 83.7 Å². The number of hydrogen-bond acceptors (Lipinski definition) is 0. The van der Waals surface area contributed by atoms with Gasteiger partial charge in [-0.2, -0.15) is 4.57 Å². The van der Waals surface area contributed by atoms with E-state index in [1.165, 1.54) is 92.2 Å². The number of rotatable bonds is 1. The number of fused-ring (bicyclic) bond motifs is 5. The quantitative estimate of drug-likeness (QED) is 0.156. The second-order valence-corrected chi connectivity index (χ2v) is 9.62. The Morgan fingerprint density at radius 1 is 0.839 bits per heavy atom. The standard InChI is InChI=1S/C29H27N2/c1-18-11-12-20-9-6-10-25-27(20)26(18)29-28-22(15-16-30(29)2)23-17-21(13-14-24(23)31(25)28)19-7-4-3-5-8-19/h6,9-17,19H,3-5,7-8H2,1-2H3/q+1. The van der Waals surface area contributed by atoms with E-state index in [0.717, 1.165) is 5.92 Å². The lowest BCUT2D eigenvalue weighted by atomic mass is 9.84. The number of benzene rings is 3. The van der Waals surface area contributed by atoms with Crippen molar-refractivity contribution in [2.45, 2.75) is 44.9 Å². The Kier molecular flexibility index (Phi) is 3.51. The summed E-state index contributed by atoms with van der Waals surface area (Å²) in [5.41, 5.74) is 8.24. The summed E-state index contributed by atoms with van der Waals surface area (Å²) in [5.74, 6) is 0.726. The highest BCUT2D eigenvalue weighted by Gasteiger charge is 2.25. The van der Waals surface area contributed by atoms with Gasteiger partial charge in [0.05, 0.1) is 16.4 Å². The van der Waals surface area contributed by atoms with Crippen molar-refractivity contribution in [3.63, 3.8) is 0 Å². The van der Waals surface area contributed by atoms with E-state index in [1.807, 2.05) is 0 Å². The van der Waals surface area contributed by atoms with Crippen molar-refractivity contribution in [3.05, 3.63) is 71.9 Å². The molecule has 0 spiro atoms. The summed E-state index contributed by atoms with van der Waals surface area (Å²) in [6.07, 6.45) is 9.09. The van der Waals surface area contributed by atoms with Crippen molar-refractivity contribution in [2.24, 2.45) is 7.05 Å². The zero-order valence-electron chi connectivity index (χ0n) is 18.3. The molecule has 31 heavy (non-hydrogen) atoms. The van der Waals surface area contributed by atoms with Crippen LogP contribution in [0.2, 0.25) is 0 Å². The molecule has 152 valence electrons. The van der Waals surface area contributed by atoms with Crippen LogP contribution in [0.25, 0.3) is 49.0 Å². The highest BCUT2D eigenvalue weighted by Crippen LogP contribution is 2.41. The van der Waals surface area contributed by atoms with Crippen LogP contribution in [0.15, 0.2) is 60.8 Å². The predicted octanol–water partition coefficient (Wildman–Crippen LogP) is 7.17. The number of nitrogens with zero attached hydrogens (tertiary/aromatic N) is 2. The highest BCUT2D eigenvalue weighted by atomic mass is 15.0. The van der Waals surface area contributed by atoms with Crippen LogP contribution in [0.5, 0.6) is 0 Å². The first kappa shape index (κ1) is 17.5. The maximum Gasteiger partial charge on any atom is 0.238 e. The van der Waals surface area contributed by atoms with Crippen LogP contribution in [0.1, 0.15) is 49.1 Å². The molecule has 1 aliphatic carbocycles. The van der Waals surface area contributed by atoms with Crippen LogP contribution in [-0.4, -0.2) is 4.40 Å². The smallest absolute Gasteiger partial charge is 0.238 e. The van der Waals surface area contributed by atoms with Crippen LogP contribution in [0, 0.1) is 6.92 Å². The molecule has 2 heteroatoms. The molecule has 0 radical (unpaired) electrons. The molecule has 3 aromatic carbocycles. The second-order valence-electron chi connectivity index (χ2n) is 9.62. The van der Waals surface area contributed by atoms with Gasteiger partial charge in [0, 0.05) is 22.2 Å². The van der Waals surface area contributed by atoms with Crippen molar-refractivity contribution in [3.8, 4) is 0 Å². The van der Waals surface area contributed by atoms with Gasteiger partial charge in [-0.1, -0.05) is 49.6 Å². The first-order chi connectivity index (χ1) is 15.2. The summed E-state index contributed by atoms with van der Waals surface area (Å²) in [6, 6.07) is 20.9. The van der Waals surface area contributed by atoms with Crippen LogP contribution >= 0.6 is 0 Å². The molecule has 0 atom stereocenters. The van der Waals surface area contributed by atoms with Crippen LogP contribution in [-0.2, 0) is 7.05 Å². The lowest BCUT2D eigenvalue weighted by Crippen LogP contribution is -2.28. The minimum absolute atomic E-state index is 0.726. The van der Waals surface area contributed by atoms with E-state index >= 15 is 0 Å². The molecule has 1 fully saturated rings. The molecule has 6 aromatic rings. The molecule has 0 saturated heterocycles. The third kappa shape index (κ3) is 2.25. The Hall–Kier alpha value is -3.13. The fourth-order valence-electron chi connectivity index (χ4n) is 6.35. The van der Waals surface area contributed by atoms with Crippen molar-refractivity contribution in [2.75, 3.05) is 0 Å². The van der Waals surface area contributed by atoms with Crippen molar-refractivity contribution in [1.29, 1.82) is 0 Å². The molecular formula is C29H27N2+. The maximum absolute atomic E-state index is 2.53. The van der Waals surface area contributed by atoms with Gasteiger partial charge in [-0.15, -0.1) is 0 Å². The van der Waals surface area contributed by atoms with Gasteiger partial charge in [-0.05, 0) is 60.4 Å². The average Bonchev–Trinajstić information content (AvgIpc) is 3.14. The third-order valence-corrected chi connectivity index (χ3v) is 7.86. The minimum atomic E-state index is 0.726. The Labute approximate surface area is 182 Å². The molecule has 1 aliphatic rings. The largest absolute Gasteiger partial charge is 0.303 e. The zero-order chi connectivity index (χ0) is 20.7. The maximum atomic E-state index is 2.53. The average molecular weight is 404 g/mol. The second kappa shape index (κ2) is 6.20. The highest BCUT2D eigenvalue weighted by molar-refractivity contribution is 6.25. The van der Waals surface area contributed by atoms with Gasteiger partial charge in [0.25, 0.3) is 0 Å². The number of hydrogen-bond donors (Lipinski definition) is 0. The van der Waals surface area contributed by atoms with Crippen LogP contribution in [0.4, 0.5) is 0 Å². The SMILES string of the molecule is Cc1ccc2cccc3c2c1c1c2c(cc[n+]1C)c1cc(C4CCCCC4)ccc1n32. The van der Waals surface area contributed by atoms with Gasteiger partial charge >= 0.3 is 0 Å². The van der Waals surface area contributed by atoms with Gasteiger partial charge in [-0.3, -0.25) is 0 Å². The molecule has 0 N–H and O–H groups in total. The van der Waals surface area contributed by atoms with Gasteiger partial charge in [0.1, 0.15) is 12.6 Å². The van der Waals surface area contributed by atoms with E-state index in [9.17, 15) is 0 Å². The number of aryl methyl sites for hydroxylation is 2. The monoisotopic (exact) mass is 403 g/mol. The Bertz CT molecular complexity index is 1630. The fraction of sp³-hybridized carbons (Fsp3) is 0.276. The Balaban J connectivity index is 1.72. The first-order valence-corrected chi connectivity index (χ1v) is 11.7. The molecule has 0 unspecified atom stereocenters. The normalized spacial score (nSPS) is 15.9. The van der Waals surface area contributed by atoms with E-state index in [-0.39, 0.29) is 0 Å². The van der Waals surface area contributed by atoms with E-state index in [1.54, 1.807) is 0 Å². The topological polar surface area (TPSA) is 8.29 Å². The van der Waals surface area contributed by atoms with Gasteiger partial charge < -0.3 is 4.40 Å². The lowest BCUT2D eigenvalue weighted by molar-refractivity contribution is -0.644. The molecule has 3 aromatic heterocycles. The van der Waals surface area contributed by atoms with Crippen molar-refractivity contribution < 1.29 is 4.57 Å². The number of pyridine rings is 2. The lowest BCUT2D eigenvalue weighted by Gasteiger charge is -2.22. The summed E-state index contributed by atoms with van der Waals surface area (Å²) in [5, 5.41) is 6.88. The Morgan fingerprint density at radius 2 is 1.71 bits per heavy atom. The summed E-state index contributed by atoms with van der Waals surface area (Å²) in [6.45, 7) is 2.25. The molecule has 7 rings (SSSR count). The fourth-order valence-corrected chi connectivity index (χ4v) is 6.35. The summed E-state index contributed by atoms with van der Waals surface area (Å²) in [7, 11) is 2.19. The third-order valence-electron chi connectivity index (χ3n) is 7.86. The molecule has 0 amide bonds. The summed E-state index contributed by atoms with van der Waals surface area (Å²) in [4.78, 5) is 0. The predicted molar refractivity (Wildman–Crippen MR) is 130 cm³/mol. The van der Waals surface area contributed by atoms with E-state index in [0.29, 0.717) is 0 Å². The molecule has 3 heterocycles. The molecule has 0 bridgehead atoms. The minimum Gasteiger partial charge on any atom is -0.303 e. The molecular weight excluding hydrogens is 376 g/mol. The van der Waals surface area contributed by atoms with E-state index in [4.69, 9.17) is 0 Å². The van der Waals surface area contributed by atoms with Crippen molar-refractivity contribution >= 4 is 49.0 Å². The summed E-state index contributed by atoms with van der Waals surface area (Å²) < 4.78 is 4.84.